The number of hydrogen-bond donors (Lipinski definition) is 0. The second kappa shape index (κ2) is 4.99. The molecule has 0 bridgehead atoms. The summed E-state index contributed by atoms with van der Waals surface area (Å²) in [6.45, 7) is 0. The van der Waals surface area contributed by atoms with Crippen molar-refractivity contribution in [3.8, 4) is 11.5 Å². The monoisotopic (exact) mass is 309 g/mol. The van der Waals surface area contributed by atoms with Gasteiger partial charge in [0, 0.05) is 13.2 Å². The van der Waals surface area contributed by atoms with Crippen LogP contribution in [0, 0.1) is 5.82 Å². The summed E-state index contributed by atoms with van der Waals surface area (Å²) in [4.78, 5) is 12.4. The number of nitrogens with zero attached hydrogens (tertiary/aromatic N) is 5. The van der Waals surface area contributed by atoms with Crippen molar-refractivity contribution in [2.75, 3.05) is 6.26 Å². The summed E-state index contributed by atoms with van der Waals surface area (Å²) in [5, 5.41) is 5.86. The van der Waals surface area contributed by atoms with E-state index in [-0.39, 0.29) is 5.03 Å². The average Bonchev–Trinajstić information content (AvgIpc) is 2.76. The van der Waals surface area contributed by atoms with E-state index in [1.165, 1.54) is 11.8 Å². The van der Waals surface area contributed by atoms with E-state index in [0.29, 0.717) is 22.2 Å². The van der Waals surface area contributed by atoms with Crippen LogP contribution < -0.4 is 0 Å². The molecule has 0 spiro atoms. The molecule has 0 radical (unpaired) electrons. The van der Waals surface area contributed by atoms with E-state index in [1.807, 2.05) is 0 Å². The zero-order valence-corrected chi connectivity index (χ0v) is 12.2. The number of hydrogen-bond acceptors (Lipinski definition) is 5. The van der Waals surface area contributed by atoms with E-state index in [4.69, 9.17) is 11.6 Å². The van der Waals surface area contributed by atoms with E-state index in [2.05, 4.69) is 20.1 Å². The highest BCUT2D eigenvalue weighted by Crippen LogP contribution is 2.27. The zero-order chi connectivity index (χ0) is 14.3. The summed E-state index contributed by atoms with van der Waals surface area (Å²) in [7, 11) is 1.77. The third kappa shape index (κ3) is 2.12. The number of aryl methyl sites for hydroxylation is 1. The largest absolute Gasteiger partial charge is 0.250 e. The summed E-state index contributed by atoms with van der Waals surface area (Å²) in [5.74, 6) is -0.0944. The smallest absolute Gasteiger partial charge is 0.182 e. The molecule has 3 aromatic heterocycles. The van der Waals surface area contributed by atoms with Crippen LogP contribution in [0.5, 0.6) is 0 Å². The van der Waals surface area contributed by atoms with Crippen LogP contribution in [-0.2, 0) is 7.05 Å². The summed E-state index contributed by atoms with van der Waals surface area (Å²) in [5.41, 5.74) is 1.20. The lowest BCUT2D eigenvalue weighted by molar-refractivity contribution is 0.580. The number of thioether (sulfide) groups is 1. The molecular formula is C12H9ClFN5S. The first-order valence-corrected chi connectivity index (χ1v) is 7.25. The predicted octanol–water partition coefficient (Wildman–Crippen LogP) is 2.94. The molecule has 3 heterocycles. The number of fused-ring (bicyclic) bond motifs is 1. The van der Waals surface area contributed by atoms with Gasteiger partial charge in [-0.25, -0.2) is 24.0 Å². The summed E-state index contributed by atoms with van der Waals surface area (Å²) >= 11 is 7.18. The molecule has 0 N–H and O–H groups in total. The van der Waals surface area contributed by atoms with Crippen molar-refractivity contribution in [3.05, 3.63) is 29.3 Å². The minimum Gasteiger partial charge on any atom is -0.250 e. The maximum absolute atomic E-state index is 13.5. The van der Waals surface area contributed by atoms with E-state index in [1.54, 1.807) is 30.2 Å². The molecule has 0 amide bonds. The van der Waals surface area contributed by atoms with Crippen LogP contribution in [-0.4, -0.2) is 31.0 Å². The van der Waals surface area contributed by atoms with Crippen molar-refractivity contribution in [1.29, 1.82) is 0 Å². The van der Waals surface area contributed by atoms with Crippen LogP contribution in [0.2, 0.25) is 5.02 Å². The molecule has 3 rings (SSSR count). The van der Waals surface area contributed by atoms with Crippen molar-refractivity contribution in [2.24, 2.45) is 7.05 Å². The molecular weight excluding hydrogens is 301 g/mol. The minimum atomic E-state index is -0.447. The molecule has 0 saturated carbocycles. The summed E-state index contributed by atoms with van der Waals surface area (Å²) in [6.07, 6.45) is 4.45. The van der Waals surface area contributed by atoms with E-state index < -0.39 is 5.82 Å². The van der Waals surface area contributed by atoms with E-state index in [0.717, 1.165) is 11.6 Å². The van der Waals surface area contributed by atoms with Crippen LogP contribution in [0.3, 0.4) is 0 Å². The lowest BCUT2D eigenvalue weighted by Gasteiger charge is -2.00. The van der Waals surface area contributed by atoms with Gasteiger partial charge >= 0.3 is 0 Å². The zero-order valence-electron chi connectivity index (χ0n) is 10.6. The van der Waals surface area contributed by atoms with Crippen LogP contribution in [0.25, 0.3) is 22.6 Å². The highest BCUT2D eigenvalue weighted by atomic mass is 35.5. The van der Waals surface area contributed by atoms with Crippen molar-refractivity contribution in [3.63, 3.8) is 0 Å². The van der Waals surface area contributed by atoms with Gasteiger partial charge in [-0.05, 0) is 12.3 Å². The lowest BCUT2D eigenvalue weighted by atomic mass is 10.2. The Bertz CT molecular complexity index is 804. The molecule has 0 fully saturated rings. The Kier molecular flexibility index (Phi) is 3.31. The Morgan fingerprint density at radius 3 is 2.85 bits per heavy atom. The molecule has 8 heteroatoms. The normalized spacial score (nSPS) is 11.2. The SMILES string of the molecule is CSc1nc(-c2nn(C)c3ncc(Cl)cc23)ncc1F. The molecule has 0 atom stereocenters. The Morgan fingerprint density at radius 1 is 1.30 bits per heavy atom. The van der Waals surface area contributed by atoms with Crippen molar-refractivity contribution in [2.45, 2.75) is 5.03 Å². The quantitative estimate of drug-likeness (QED) is 0.538. The first kappa shape index (κ1) is 13.3. The van der Waals surface area contributed by atoms with Gasteiger partial charge in [0.15, 0.2) is 17.3 Å². The van der Waals surface area contributed by atoms with E-state index >= 15 is 0 Å². The predicted molar refractivity (Wildman–Crippen MR) is 76.3 cm³/mol. The Balaban J connectivity index is 2.26. The average molecular weight is 310 g/mol. The third-order valence-electron chi connectivity index (χ3n) is 2.76. The van der Waals surface area contributed by atoms with Crippen LogP contribution in [0.1, 0.15) is 0 Å². The van der Waals surface area contributed by atoms with Gasteiger partial charge in [-0.15, -0.1) is 11.8 Å². The maximum atomic E-state index is 13.5. The van der Waals surface area contributed by atoms with E-state index in [9.17, 15) is 4.39 Å². The first-order chi connectivity index (χ1) is 9.60. The fourth-order valence-corrected chi connectivity index (χ4v) is 2.47. The van der Waals surface area contributed by atoms with Gasteiger partial charge in [-0.1, -0.05) is 11.6 Å². The third-order valence-corrected chi connectivity index (χ3v) is 3.64. The highest BCUT2D eigenvalue weighted by Gasteiger charge is 2.16. The highest BCUT2D eigenvalue weighted by molar-refractivity contribution is 7.98. The van der Waals surface area contributed by atoms with Crippen molar-refractivity contribution < 1.29 is 4.39 Å². The van der Waals surface area contributed by atoms with Gasteiger partial charge in [0.2, 0.25) is 0 Å². The van der Waals surface area contributed by atoms with Gasteiger partial charge in [0.25, 0.3) is 0 Å². The fourth-order valence-electron chi connectivity index (χ4n) is 1.89. The Labute approximate surface area is 123 Å². The molecule has 0 saturated heterocycles. The first-order valence-electron chi connectivity index (χ1n) is 5.65. The maximum Gasteiger partial charge on any atom is 0.182 e. The van der Waals surface area contributed by atoms with Crippen LogP contribution in [0.4, 0.5) is 4.39 Å². The topological polar surface area (TPSA) is 56.5 Å². The fraction of sp³-hybridized carbons (Fsp3) is 0.167. The number of aromatic nitrogens is 5. The minimum absolute atomic E-state index is 0.281. The summed E-state index contributed by atoms with van der Waals surface area (Å²) in [6, 6.07) is 1.75. The second-order valence-corrected chi connectivity index (χ2v) is 5.28. The van der Waals surface area contributed by atoms with Crippen LogP contribution >= 0.6 is 23.4 Å². The van der Waals surface area contributed by atoms with Crippen molar-refractivity contribution >= 4 is 34.4 Å². The molecule has 5 nitrogen and oxygen atoms in total. The molecule has 0 aliphatic carbocycles. The van der Waals surface area contributed by atoms with Gasteiger partial charge in [-0.2, -0.15) is 5.10 Å². The molecule has 0 aliphatic rings. The molecule has 0 aliphatic heterocycles. The van der Waals surface area contributed by atoms with Gasteiger partial charge < -0.3 is 0 Å². The summed E-state index contributed by atoms with van der Waals surface area (Å²) < 4.78 is 15.1. The Morgan fingerprint density at radius 2 is 2.10 bits per heavy atom. The van der Waals surface area contributed by atoms with Crippen LogP contribution in [0.15, 0.2) is 23.5 Å². The molecule has 3 aromatic rings. The molecule has 102 valence electrons. The number of rotatable bonds is 2. The van der Waals surface area contributed by atoms with Gasteiger partial charge in [0.05, 0.1) is 16.6 Å². The lowest BCUT2D eigenvalue weighted by Crippen LogP contribution is -1.96. The van der Waals surface area contributed by atoms with Gasteiger partial charge in [-0.3, -0.25) is 0 Å². The van der Waals surface area contributed by atoms with Crippen molar-refractivity contribution in [1.82, 2.24) is 24.7 Å². The standard InChI is InChI=1S/C12H9ClFN5S/c1-19-11-7(3-6(13)4-16-11)9(18-19)10-15-5-8(14)12(17-10)20-2/h3-5H,1-2H3. The number of pyridine rings is 1. The number of halogens is 2. The molecule has 20 heavy (non-hydrogen) atoms. The molecule has 0 aromatic carbocycles. The van der Waals surface area contributed by atoms with Gasteiger partial charge in [0.1, 0.15) is 10.7 Å². The second-order valence-electron chi connectivity index (χ2n) is 4.05. The molecule has 0 unspecified atom stereocenters. The Hall–Kier alpha value is -1.73.